The Kier molecular flexibility index (Phi) is 2.86. The fourth-order valence-corrected chi connectivity index (χ4v) is 0.710. The van der Waals surface area contributed by atoms with Crippen molar-refractivity contribution in [2.45, 2.75) is 0 Å². The molecule has 0 aliphatic carbocycles. The van der Waals surface area contributed by atoms with Gasteiger partial charge in [-0.2, -0.15) is 0 Å². The number of aromatic nitrogens is 2. The molecule has 3 heteroatoms. The molecule has 3 nitrogen and oxygen atoms in total. The van der Waals surface area contributed by atoms with Gasteiger partial charge in [0, 0.05) is 12.6 Å². The lowest BCUT2D eigenvalue weighted by Gasteiger charge is -2.00. The zero-order valence-electron chi connectivity index (χ0n) is 6.62. The normalized spacial score (nSPS) is 8.58. The minimum atomic E-state index is 0.580. The van der Waals surface area contributed by atoms with Crippen molar-refractivity contribution >= 4 is 5.82 Å². The van der Waals surface area contributed by atoms with Crippen LogP contribution in [0.4, 0.5) is 5.82 Å². The van der Waals surface area contributed by atoms with E-state index >= 15 is 0 Å². The molecule has 0 bridgehead atoms. The van der Waals surface area contributed by atoms with Gasteiger partial charge in [-0.05, 0) is 0 Å². The van der Waals surface area contributed by atoms with Crippen LogP contribution in [0.2, 0.25) is 0 Å². The summed E-state index contributed by atoms with van der Waals surface area (Å²) in [5.74, 6) is 3.15. The Labute approximate surface area is 71.6 Å². The number of hydrogen-bond donors (Lipinski definition) is 1. The van der Waals surface area contributed by atoms with E-state index in [1.807, 2.05) is 0 Å². The molecule has 0 amide bonds. The van der Waals surface area contributed by atoms with E-state index in [1.54, 1.807) is 12.1 Å². The summed E-state index contributed by atoms with van der Waals surface area (Å²) in [6.45, 7) is 4.24. The number of anilines is 1. The van der Waals surface area contributed by atoms with Gasteiger partial charge in [-0.3, -0.25) is 0 Å². The molecule has 0 saturated heterocycles. The highest BCUT2D eigenvalue weighted by atomic mass is 15.0. The molecule has 1 N–H and O–H groups in total. The highest BCUT2D eigenvalue weighted by Gasteiger charge is 1.92. The Morgan fingerprint density at radius 1 is 1.67 bits per heavy atom. The van der Waals surface area contributed by atoms with Gasteiger partial charge in [0.15, 0.2) is 0 Å². The quantitative estimate of drug-likeness (QED) is 0.529. The second-order valence-corrected chi connectivity index (χ2v) is 2.10. The highest BCUT2D eigenvalue weighted by Crippen LogP contribution is 2.01. The Morgan fingerprint density at radius 3 is 3.17 bits per heavy atom. The van der Waals surface area contributed by atoms with Gasteiger partial charge in [-0.25, -0.2) is 9.97 Å². The van der Waals surface area contributed by atoms with E-state index < -0.39 is 0 Å². The number of nitrogens with zero attached hydrogens (tertiary/aromatic N) is 2. The third-order valence-corrected chi connectivity index (χ3v) is 1.24. The molecule has 0 aliphatic heterocycles. The van der Waals surface area contributed by atoms with Gasteiger partial charge < -0.3 is 5.32 Å². The van der Waals surface area contributed by atoms with E-state index in [9.17, 15) is 0 Å². The van der Waals surface area contributed by atoms with Crippen LogP contribution < -0.4 is 5.32 Å². The number of terminal acetylenes is 1. The molecule has 1 aromatic rings. The molecule has 1 aromatic heterocycles. The van der Waals surface area contributed by atoms with Crippen LogP contribution in [0.5, 0.6) is 0 Å². The Hall–Kier alpha value is -1.82. The van der Waals surface area contributed by atoms with Crippen molar-refractivity contribution in [3.8, 4) is 12.3 Å². The van der Waals surface area contributed by atoms with E-state index in [1.165, 1.54) is 6.33 Å². The van der Waals surface area contributed by atoms with Crippen molar-refractivity contribution in [3.63, 3.8) is 0 Å². The third kappa shape index (κ3) is 2.10. The molecule has 0 aromatic carbocycles. The average Bonchev–Trinajstić information content (AvgIpc) is 2.15. The van der Waals surface area contributed by atoms with Crippen LogP contribution in [-0.4, -0.2) is 16.5 Å². The van der Waals surface area contributed by atoms with Gasteiger partial charge in [0.1, 0.15) is 17.8 Å². The van der Waals surface area contributed by atoms with E-state index in [0.29, 0.717) is 12.2 Å². The largest absolute Gasteiger partial charge is 0.366 e. The SMILES string of the molecule is C#Cc1cc(NCC=C)ncn1. The van der Waals surface area contributed by atoms with Crippen molar-refractivity contribution in [3.05, 3.63) is 30.7 Å². The first-order valence-corrected chi connectivity index (χ1v) is 3.50. The zero-order valence-corrected chi connectivity index (χ0v) is 6.62. The lowest BCUT2D eigenvalue weighted by atomic mass is 10.4. The van der Waals surface area contributed by atoms with Crippen molar-refractivity contribution in [2.24, 2.45) is 0 Å². The monoisotopic (exact) mass is 159 g/mol. The Morgan fingerprint density at radius 2 is 2.50 bits per heavy atom. The van der Waals surface area contributed by atoms with Gasteiger partial charge in [-0.1, -0.05) is 12.0 Å². The molecule has 1 heterocycles. The maximum absolute atomic E-state index is 5.16. The van der Waals surface area contributed by atoms with Crippen molar-refractivity contribution in [1.82, 2.24) is 9.97 Å². The fraction of sp³-hybridized carbons (Fsp3) is 0.111. The first-order chi connectivity index (χ1) is 5.86. The second kappa shape index (κ2) is 4.14. The molecule has 0 saturated carbocycles. The summed E-state index contributed by atoms with van der Waals surface area (Å²) in [6.07, 6.45) is 8.34. The second-order valence-electron chi connectivity index (χ2n) is 2.10. The third-order valence-electron chi connectivity index (χ3n) is 1.24. The lowest BCUT2D eigenvalue weighted by Crippen LogP contribution is -2.00. The summed E-state index contributed by atoms with van der Waals surface area (Å²) in [4.78, 5) is 7.81. The van der Waals surface area contributed by atoms with Crippen molar-refractivity contribution in [2.75, 3.05) is 11.9 Å². The van der Waals surface area contributed by atoms with Crippen LogP contribution in [0, 0.1) is 12.3 Å². The molecule has 0 atom stereocenters. The summed E-state index contributed by atoms with van der Waals surface area (Å²) in [6, 6.07) is 1.71. The van der Waals surface area contributed by atoms with Gasteiger partial charge in [0.25, 0.3) is 0 Å². The molecular weight excluding hydrogens is 150 g/mol. The average molecular weight is 159 g/mol. The topological polar surface area (TPSA) is 37.8 Å². The standard InChI is InChI=1S/C9H9N3/c1-3-5-10-9-6-8(4-2)11-7-12-9/h2-3,6-7H,1,5H2,(H,10,11,12). The van der Waals surface area contributed by atoms with E-state index in [4.69, 9.17) is 6.42 Å². The number of nitrogens with one attached hydrogen (secondary N) is 1. The van der Waals surface area contributed by atoms with Gasteiger partial charge >= 0.3 is 0 Å². The van der Waals surface area contributed by atoms with Crippen LogP contribution in [0.25, 0.3) is 0 Å². The first-order valence-electron chi connectivity index (χ1n) is 3.50. The fourth-order valence-electron chi connectivity index (χ4n) is 0.710. The van der Waals surface area contributed by atoms with Crippen LogP contribution in [0.15, 0.2) is 25.0 Å². The smallest absolute Gasteiger partial charge is 0.130 e. The summed E-state index contributed by atoms with van der Waals surface area (Å²) in [5.41, 5.74) is 0.580. The maximum Gasteiger partial charge on any atom is 0.130 e. The molecule has 1 rings (SSSR count). The molecule has 0 spiro atoms. The summed E-state index contributed by atoms with van der Waals surface area (Å²) in [5, 5.41) is 3.00. The van der Waals surface area contributed by atoms with E-state index in [-0.39, 0.29) is 0 Å². The molecular formula is C9H9N3. The lowest BCUT2D eigenvalue weighted by molar-refractivity contribution is 1.12. The Balaban J connectivity index is 2.74. The van der Waals surface area contributed by atoms with Gasteiger partial charge in [0.2, 0.25) is 0 Å². The first kappa shape index (κ1) is 8.28. The van der Waals surface area contributed by atoms with Gasteiger partial charge in [0.05, 0.1) is 0 Å². The van der Waals surface area contributed by atoms with Crippen LogP contribution in [0.3, 0.4) is 0 Å². The summed E-state index contributed by atoms with van der Waals surface area (Å²) >= 11 is 0. The van der Waals surface area contributed by atoms with Crippen LogP contribution in [-0.2, 0) is 0 Å². The van der Waals surface area contributed by atoms with Crippen molar-refractivity contribution < 1.29 is 0 Å². The predicted molar refractivity (Wildman–Crippen MR) is 48.7 cm³/mol. The predicted octanol–water partition coefficient (Wildman–Crippen LogP) is 1.06. The molecule has 60 valence electrons. The van der Waals surface area contributed by atoms with Crippen LogP contribution in [0.1, 0.15) is 5.69 Å². The summed E-state index contributed by atoms with van der Waals surface area (Å²) in [7, 11) is 0. The molecule has 0 radical (unpaired) electrons. The maximum atomic E-state index is 5.16. The van der Waals surface area contributed by atoms with Crippen molar-refractivity contribution in [1.29, 1.82) is 0 Å². The summed E-state index contributed by atoms with van der Waals surface area (Å²) < 4.78 is 0. The number of rotatable bonds is 3. The minimum absolute atomic E-state index is 0.580. The number of hydrogen-bond acceptors (Lipinski definition) is 3. The zero-order chi connectivity index (χ0) is 8.81. The minimum Gasteiger partial charge on any atom is -0.366 e. The molecule has 0 fully saturated rings. The highest BCUT2D eigenvalue weighted by molar-refractivity contribution is 5.40. The molecule has 12 heavy (non-hydrogen) atoms. The molecule has 0 unspecified atom stereocenters. The van der Waals surface area contributed by atoms with E-state index in [0.717, 1.165) is 5.82 Å². The Bertz CT molecular complexity index is 312. The van der Waals surface area contributed by atoms with Gasteiger partial charge in [-0.15, -0.1) is 13.0 Å². The molecule has 0 aliphatic rings. The van der Waals surface area contributed by atoms with E-state index in [2.05, 4.69) is 27.8 Å². The van der Waals surface area contributed by atoms with Crippen LogP contribution >= 0.6 is 0 Å².